The standard InChI is InChI=1S/C12H11BrN4O2/c1-19-10-4-2-9(3-5-10)16-12(18)17-11-14-6-8(13)7-15-11/h2-7H,1H3,(H2,14,15,16,17,18). The predicted octanol–water partition coefficient (Wildman–Crippen LogP) is 2.89. The third-order valence-corrected chi connectivity index (χ3v) is 2.60. The Kier molecular flexibility index (Phi) is 4.30. The molecule has 1 aromatic heterocycles. The molecule has 6 nitrogen and oxygen atoms in total. The quantitative estimate of drug-likeness (QED) is 0.911. The molecule has 98 valence electrons. The number of hydrogen-bond acceptors (Lipinski definition) is 4. The molecule has 0 aliphatic heterocycles. The molecule has 2 rings (SSSR count). The molecule has 1 heterocycles. The van der Waals surface area contributed by atoms with E-state index in [1.165, 1.54) is 0 Å². The number of nitrogens with one attached hydrogen (secondary N) is 2. The number of methoxy groups -OCH3 is 1. The Balaban J connectivity index is 1.95. The van der Waals surface area contributed by atoms with Crippen LogP contribution in [0.3, 0.4) is 0 Å². The van der Waals surface area contributed by atoms with E-state index >= 15 is 0 Å². The van der Waals surface area contributed by atoms with Gasteiger partial charge in [-0.15, -0.1) is 0 Å². The average molecular weight is 323 g/mol. The lowest BCUT2D eigenvalue weighted by atomic mass is 10.3. The summed E-state index contributed by atoms with van der Waals surface area (Å²) in [5, 5.41) is 5.18. The SMILES string of the molecule is COc1ccc(NC(=O)Nc2ncc(Br)cn2)cc1. The number of aromatic nitrogens is 2. The van der Waals surface area contributed by atoms with Crippen molar-refractivity contribution in [1.29, 1.82) is 0 Å². The fourth-order valence-electron chi connectivity index (χ4n) is 1.32. The lowest BCUT2D eigenvalue weighted by Crippen LogP contribution is -2.20. The van der Waals surface area contributed by atoms with E-state index in [1.807, 2.05) is 0 Å². The Bertz CT molecular complexity index is 557. The normalized spacial score (nSPS) is 9.79. The van der Waals surface area contributed by atoms with Gasteiger partial charge in [0.25, 0.3) is 0 Å². The number of halogens is 1. The van der Waals surface area contributed by atoms with E-state index < -0.39 is 6.03 Å². The fourth-order valence-corrected chi connectivity index (χ4v) is 1.52. The first kappa shape index (κ1) is 13.3. The van der Waals surface area contributed by atoms with E-state index in [2.05, 4.69) is 36.5 Å². The second-order valence-corrected chi connectivity index (χ2v) is 4.45. The molecular weight excluding hydrogens is 312 g/mol. The third-order valence-electron chi connectivity index (χ3n) is 2.19. The number of hydrogen-bond donors (Lipinski definition) is 2. The molecule has 2 amide bonds. The van der Waals surface area contributed by atoms with E-state index in [0.29, 0.717) is 5.69 Å². The predicted molar refractivity (Wildman–Crippen MR) is 75.4 cm³/mol. The van der Waals surface area contributed by atoms with Gasteiger partial charge in [0.1, 0.15) is 5.75 Å². The number of carbonyl (C=O) groups is 1. The number of rotatable bonds is 3. The summed E-state index contributed by atoms with van der Waals surface area (Å²) in [6.07, 6.45) is 3.10. The summed E-state index contributed by atoms with van der Waals surface area (Å²) in [6, 6.07) is 6.58. The molecule has 19 heavy (non-hydrogen) atoms. The Morgan fingerprint density at radius 3 is 2.37 bits per heavy atom. The molecule has 0 spiro atoms. The highest BCUT2D eigenvalue weighted by Crippen LogP contribution is 2.15. The van der Waals surface area contributed by atoms with Crippen LogP contribution in [-0.2, 0) is 0 Å². The molecule has 2 N–H and O–H groups in total. The topological polar surface area (TPSA) is 76.1 Å². The largest absolute Gasteiger partial charge is 0.497 e. The van der Waals surface area contributed by atoms with Crippen molar-refractivity contribution in [3.05, 3.63) is 41.1 Å². The van der Waals surface area contributed by atoms with Gasteiger partial charge < -0.3 is 10.1 Å². The molecule has 0 unspecified atom stereocenters. The Morgan fingerprint density at radius 2 is 1.79 bits per heavy atom. The minimum absolute atomic E-state index is 0.231. The van der Waals surface area contributed by atoms with Gasteiger partial charge in [-0.05, 0) is 40.2 Å². The van der Waals surface area contributed by atoms with E-state index in [1.54, 1.807) is 43.8 Å². The zero-order valence-corrected chi connectivity index (χ0v) is 11.6. The van der Waals surface area contributed by atoms with Crippen molar-refractivity contribution in [2.24, 2.45) is 0 Å². The summed E-state index contributed by atoms with van der Waals surface area (Å²) in [4.78, 5) is 19.6. The van der Waals surface area contributed by atoms with E-state index in [4.69, 9.17) is 4.74 Å². The maximum Gasteiger partial charge on any atom is 0.326 e. The first-order valence-corrected chi connectivity index (χ1v) is 6.16. The molecule has 0 bridgehead atoms. The second-order valence-electron chi connectivity index (χ2n) is 3.53. The molecule has 0 saturated carbocycles. The maximum atomic E-state index is 11.7. The number of ether oxygens (including phenoxy) is 1. The smallest absolute Gasteiger partial charge is 0.326 e. The van der Waals surface area contributed by atoms with Gasteiger partial charge in [-0.1, -0.05) is 0 Å². The molecule has 0 saturated heterocycles. The van der Waals surface area contributed by atoms with Crippen LogP contribution < -0.4 is 15.4 Å². The maximum absolute atomic E-state index is 11.7. The Morgan fingerprint density at radius 1 is 1.16 bits per heavy atom. The van der Waals surface area contributed by atoms with Crippen molar-refractivity contribution in [3.63, 3.8) is 0 Å². The summed E-state index contributed by atoms with van der Waals surface area (Å²) >= 11 is 3.21. The molecule has 0 aliphatic rings. The zero-order valence-electron chi connectivity index (χ0n) is 10.1. The number of carbonyl (C=O) groups excluding carboxylic acids is 1. The van der Waals surface area contributed by atoms with Crippen LogP contribution in [0.2, 0.25) is 0 Å². The van der Waals surface area contributed by atoms with Crippen molar-refractivity contribution in [1.82, 2.24) is 9.97 Å². The van der Waals surface area contributed by atoms with Crippen LogP contribution in [0.1, 0.15) is 0 Å². The van der Waals surface area contributed by atoms with Gasteiger partial charge in [-0.3, -0.25) is 5.32 Å². The summed E-state index contributed by atoms with van der Waals surface area (Å²) in [5.74, 6) is 0.955. The highest BCUT2D eigenvalue weighted by atomic mass is 79.9. The lowest BCUT2D eigenvalue weighted by Gasteiger charge is -2.07. The molecule has 0 radical (unpaired) electrons. The van der Waals surface area contributed by atoms with Gasteiger partial charge in [-0.25, -0.2) is 14.8 Å². The highest BCUT2D eigenvalue weighted by Gasteiger charge is 2.04. The van der Waals surface area contributed by atoms with Crippen LogP contribution in [0, 0.1) is 0 Å². The fraction of sp³-hybridized carbons (Fsp3) is 0.0833. The van der Waals surface area contributed by atoms with Crippen molar-refractivity contribution < 1.29 is 9.53 Å². The molecule has 0 atom stereocenters. The molecular formula is C12H11BrN4O2. The summed E-state index contributed by atoms with van der Waals surface area (Å²) in [5.41, 5.74) is 0.649. The summed E-state index contributed by atoms with van der Waals surface area (Å²) in [7, 11) is 1.58. The van der Waals surface area contributed by atoms with Gasteiger partial charge in [0.2, 0.25) is 5.95 Å². The van der Waals surface area contributed by atoms with E-state index in [0.717, 1.165) is 10.2 Å². The van der Waals surface area contributed by atoms with Crippen LogP contribution in [0.25, 0.3) is 0 Å². The van der Waals surface area contributed by atoms with Crippen LogP contribution in [0.15, 0.2) is 41.1 Å². The first-order chi connectivity index (χ1) is 9.17. The average Bonchev–Trinajstić information content (AvgIpc) is 2.42. The highest BCUT2D eigenvalue weighted by molar-refractivity contribution is 9.10. The Labute approximate surface area is 118 Å². The number of amides is 2. The van der Waals surface area contributed by atoms with Crippen LogP contribution in [0.5, 0.6) is 5.75 Å². The first-order valence-electron chi connectivity index (χ1n) is 5.37. The molecule has 0 aliphatic carbocycles. The summed E-state index contributed by atoms with van der Waals surface area (Å²) in [6.45, 7) is 0. The number of anilines is 2. The minimum atomic E-state index is -0.410. The van der Waals surface area contributed by atoms with Gasteiger partial charge >= 0.3 is 6.03 Å². The van der Waals surface area contributed by atoms with Gasteiger partial charge in [0.05, 0.1) is 11.6 Å². The molecule has 7 heteroatoms. The van der Waals surface area contributed by atoms with E-state index in [-0.39, 0.29) is 5.95 Å². The van der Waals surface area contributed by atoms with Crippen LogP contribution >= 0.6 is 15.9 Å². The van der Waals surface area contributed by atoms with Gasteiger partial charge in [-0.2, -0.15) is 0 Å². The monoisotopic (exact) mass is 322 g/mol. The van der Waals surface area contributed by atoms with Crippen molar-refractivity contribution >= 4 is 33.6 Å². The number of urea groups is 1. The zero-order chi connectivity index (χ0) is 13.7. The van der Waals surface area contributed by atoms with Crippen LogP contribution in [0.4, 0.5) is 16.4 Å². The molecule has 0 fully saturated rings. The summed E-state index contributed by atoms with van der Waals surface area (Å²) < 4.78 is 5.77. The molecule has 2 aromatic rings. The van der Waals surface area contributed by atoms with Crippen molar-refractivity contribution in [2.75, 3.05) is 17.7 Å². The second kappa shape index (κ2) is 6.14. The number of benzene rings is 1. The minimum Gasteiger partial charge on any atom is -0.497 e. The van der Waals surface area contributed by atoms with E-state index in [9.17, 15) is 4.79 Å². The number of nitrogens with zero attached hydrogens (tertiary/aromatic N) is 2. The van der Waals surface area contributed by atoms with Crippen molar-refractivity contribution in [2.45, 2.75) is 0 Å². The third kappa shape index (κ3) is 3.92. The van der Waals surface area contributed by atoms with Crippen molar-refractivity contribution in [3.8, 4) is 5.75 Å². The van der Waals surface area contributed by atoms with Gasteiger partial charge in [0, 0.05) is 18.1 Å². The van der Waals surface area contributed by atoms with Gasteiger partial charge in [0.15, 0.2) is 0 Å². The lowest BCUT2D eigenvalue weighted by molar-refractivity contribution is 0.262. The Hall–Kier alpha value is -2.15. The van der Waals surface area contributed by atoms with Crippen LogP contribution in [-0.4, -0.2) is 23.1 Å². The molecule has 1 aromatic carbocycles.